The van der Waals surface area contributed by atoms with Crippen LogP contribution < -0.4 is 11.3 Å². The summed E-state index contributed by atoms with van der Waals surface area (Å²) in [6, 6.07) is 0.0138. The van der Waals surface area contributed by atoms with E-state index < -0.39 is 0 Å². The van der Waals surface area contributed by atoms with E-state index >= 15 is 0 Å². The third-order valence-electron chi connectivity index (χ3n) is 2.70. The lowest BCUT2D eigenvalue weighted by atomic mass is 9.94. The van der Waals surface area contributed by atoms with Crippen LogP contribution >= 0.6 is 0 Å². The Bertz CT molecular complexity index is 147. The molecule has 3 N–H and O–H groups in total. The first-order chi connectivity index (χ1) is 6.50. The molecule has 0 heterocycles. The number of nitrogens with two attached hydrogens (primary N) is 1. The van der Waals surface area contributed by atoms with Crippen molar-refractivity contribution in [2.24, 2.45) is 5.84 Å². The van der Waals surface area contributed by atoms with E-state index in [0.717, 1.165) is 6.42 Å². The molecule has 0 saturated heterocycles. The van der Waals surface area contributed by atoms with E-state index in [0.29, 0.717) is 6.61 Å². The van der Waals surface area contributed by atoms with Gasteiger partial charge in [0.1, 0.15) is 0 Å². The molecule has 0 aromatic rings. The molecule has 0 radical (unpaired) electrons. The first kappa shape index (κ1) is 13.8. The van der Waals surface area contributed by atoms with Gasteiger partial charge >= 0.3 is 0 Å². The van der Waals surface area contributed by atoms with Gasteiger partial charge in [-0.1, -0.05) is 6.92 Å². The van der Waals surface area contributed by atoms with Crippen LogP contribution in [0.15, 0.2) is 0 Å². The smallest absolute Gasteiger partial charge is 0.0836 e. The van der Waals surface area contributed by atoms with Gasteiger partial charge in [-0.05, 0) is 27.2 Å². The highest BCUT2D eigenvalue weighted by Gasteiger charge is 2.32. The zero-order valence-corrected chi connectivity index (χ0v) is 9.96. The van der Waals surface area contributed by atoms with Gasteiger partial charge in [-0.3, -0.25) is 11.3 Å². The Balaban J connectivity index is 4.22. The second-order valence-electron chi connectivity index (χ2n) is 3.97. The fourth-order valence-electron chi connectivity index (χ4n) is 1.22. The van der Waals surface area contributed by atoms with Gasteiger partial charge in [0.15, 0.2) is 0 Å². The van der Waals surface area contributed by atoms with Gasteiger partial charge in [0.2, 0.25) is 0 Å². The molecule has 0 saturated carbocycles. The van der Waals surface area contributed by atoms with Crippen LogP contribution in [-0.2, 0) is 9.47 Å². The maximum Gasteiger partial charge on any atom is 0.0836 e. The highest BCUT2D eigenvalue weighted by atomic mass is 16.5. The molecule has 4 nitrogen and oxygen atoms in total. The van der Waals surface area contributed by atoms with Crippen molar-refractivity contribution in [2.45, 2.75) is 51.9 Å². The highest BCUT2D eigenvalue weighted by molar-refractivity contribution is 4.87. The Morgan fingerprint density at radius 3 is 2.29 bits per heavy atom. The third kappa shape index (κ3) is 3.92. The zero-order chi connectivity index (χ0) is 11.2. The third-order valence-corrected chi connectivity index (χ3v) is 2.70. The fourth-order valence-corrected chi connectivity index (χ4v) is 1.22. The summed E-state index contributed by atoms with van der Waals surface area (Å²) in [7, 11) is 1.70. The van der Waals surface area contributed by atoms with Gasteiger partial charge < -0.3 is 9.47 Å². The van der Waals surface area contributed by atoms with E-state index in [1.165, 1.54) is 0 Å². The second-order valence-corrected chi connectivity index (χ2v) is 3.97. The summed E-state index contributed by atoms with van der Waals surface area (Å²) in [5.74, 6) is 5.49. The summed E-state index contributed by atoms with van der Waals surface area (Å²) in [6.45, 7) is 8.67. The summed E-state index contributed by atoms with van der Waals surface area (Å²) in [4.78, 5) is 0. The maximum atomic E-state index is 5.52. The number of hydrazine groups is 1. The summed E-state index contributed by atoms with van der Waals surface area (Å²) >= 11 is 0. The minimum absolute atomic E-state index is 0.0138. The molecule has 2 unspecified atom stereocenters. The Morgan fingerprint density at radius 2 is 2.00 bits per heavy atom. The first-order valence-electron chi connectivity index (χ1n) is 5.13. The molecule has 14 heavy (non-hydrogen) atoms. The van der Waals surface area contributed by atoms with Crippen LogP contribution in [0.3, 0.4) is 0 Å². The molecule has 0 aromatic carbocycles. The van der Waals surface area contributed by atoms with Crippen LogP contribution in [0.4, 0.5) is 0 Å². The van der Waals surface area contributed by atoms with Crippen molar-refractivity contribution in [3.8, 4) is 0 Å². The molecular weight excluding hydrogens is 180 g/mol. The minimum atomic E-state index is -0.274. The standard InChI is InChI=1S/C10H24N2O2/c1-6-10(4,13-5)9(12-11)7-14-8(2)3/h8-9,12H,6-7,11H2,1-5H3. The molecule has 0 amide bonds. The lowest BCUT2D eigenvalue weighted by molar-refractivity contribution is -0.0620. The number of hydrogen-bond donors (Lipinski definition) is 2. The normalized spacial score (nSPS) is 18.2. The molecule has 0 aromatic heterocycles. The summed E-state index contributed by atoms with van der Waals surface area (Å²) in [5.41, 5.74) is 2.48. The molecular formula is C10H24N2O2. The molecule has 0 aliphatic carbocycles. The van der Waals surface area contributed by atoms with E-state index in [1.807, 2.05) is 20.8 Å². The number of nitrogens with one attached hydrogen (secondary N) is 1. The van der Waals surface area contributed by atoms with Crippen molar-refractivity contribution >= 4 is 0 Å². The lowest BCUT2D eigenvalue weighted by Gasteiger charge is -2.35. The van der Waals surface area contributed by atoms with Gasteiger partial charge in [0.05, 0.1) is 24.4 Å². The molecule has 0 spiro atoms. The topological polar surface area (TPSA) is 56.5 Å². The van der Waals surface area contributed by atoms with Gasteiger partial charge in [-0.15, -0.1) is 0 Å². The minimum Gasteiger partial charge on any atom is -0.377 e. The lowest BCUT2D eigenvalue weighted by Crippen LogP contribution is -2.55. The molecule has 86 valence electrons. The van der Waals surface area contributed by atoms with Crippen molar-refractivity contribution in [1.29, 1.82) is 0 Å². The van der Waals surface area contributed by atoms with E-state index in [-0.39, 0.29) is 17.7 Å². The first-order valence-corrected chi connectivity index (χ1v) is 5.13. The highest BCUT2D eigenvalue weighted by Crippen LogP contribution is 2.19. The van der Waals surface area contributed by atoms with Crippen LogP contribution in [0, 0.1) is 0 Å². The van der Waals surface area contributed by atoms with E-state index in [1.54, 1.807) is 7.11 Å². The fraction of sp³-hybridized carbons (Fsp3) is 1.00. The van der Waals surface area contributed by atoms with Gasteiger partial charge in [-0.25, -0.2) is 0 Å². The van der Waals surface area contributed by atoms with Crippen LogP contribution in [-0.4, -0.2) is 31.5 Å². The Morgan fingerprint density at radius 1 is 1.43 bits per heavy atom. The summed E-state index contributed by atoms with van der Waals surface area (Å²) in [5, 5.41) is 0. The van der Waals surface area contributed by atoms with Crippen molar-refractivity contribution in [3.63, 3.8) is 0 Å². The van der Waals surface area contributed by atoms with Crippen molar-refractivity contribution in [1.82, 2.24) is 5.43 Å². The van der Waals surface area contributed by atoms with Gasteiger partial charge in [0.25, 0.3) is 0 Å². The van der Waals surface area contributed by atoms with Crippen molar-refractivity contribution in [3.05, 3.63) is 0 Å². The molecule has 4 heteroatoms. The van der Waals surface area contributed by atoms with Crippen LogP contribution in [0.25, 0.3) is 0 Å². The largest absolute Gasteiger partial charge is 0.377 e. The SMILES string of the molecule is CCC(C)(OC)C(COC(C)C)NN. The van der Waals surface area contributed by atoms with Crippen LogP contribution in [0.5, 0.6) is 0 Å². The second kappa shape index (κ2) is 6.35. The van der Waals surface area contributed by atoms with E-state index in [4.69, 9.17) is 15.3 Å². The predicted molar refractivity (Wildman–Crippen MR) is 57.9 cm³/mol. The monoisotopic (exact) mass is 204 g/mol. The summed E-state index contributed by atoms with van der Waals surface area (Å²) < 4.78 is 11.0. The van der Waals surface area contributed by atoms with Crippen LogP contribution in [0.1, 0.15) is 34.1 Å². The molecule has 0 aliphatic heterocycles. The average molecular weight is 204 g/mol. The molecule has 0 bridgehead atoms. The Labute approximate surface area is 87.1 Å². The molecule has 0 aliphatic rings. The van der Waals surface area contributed by atoms with Gasteiger partial charge in [-0.2, -0.15) is 0 Å². The predicted octanol–water partition coefficient (Wildman–Crippen LogP) is 1.06. The average Bonchev–Trinajstić information content (AvgIpc) is 2.17. The van der Waals surface area contributed by atoms with Crippen molar-refractivity contribution < 1.29 is 9.47 Å². The van der Waals surface area contributed by atoms with Crippen molar-refractivity contribution in [2.75, 3.05) is 13.7 Å². The maximum absolute atomic E-state index is 5.52. The van der Waals surface area contributed by atoms with E-state index in [9.17, 15) is 0 Å². The summed E-state index contributed by atoms with van der Waals surface area (Å²) in [6.07, 6.45) is 1.10. The molecule has 0 fully saturated rings. The Kier molecular flexibility index (Phi) is 6.27. The number of methoxy groups -OCH3 is 1. The number of hydrogen-bond acceptors (Lipinski definition) is 4. The Hall–Kier alpha value is -0.160. The molecule has 2 atom stereocenters. The van der Waals surface area contributed by atoms with Gasteiger partial charge in [0, 0.05) is 7.11 Å². The molecule has 0 rings (SSSR count). The zero-order valence-electron chi connectivity index (χ0n) is 9.96. The quantitative estimate of drug-likeness (QED) is 0.481. The van der Waals surface area contributed by atoms with Crippen LogP contribution in [0.2, 0.25) is 0 Å². The number of ether oxygens (including phenoxy) is 2. The number of rotatable bonds is 7. The van der Waals surface area contributed by atoms with E-state index in [2.05, 4.69) is 12.3 Å².